The normalized spacial score (nSPS) is 24.0. The number of hydrogen-bond acceptors (Lipinski definition) is 5. The van der Waals surface area contributed by atoms with Crippen LogP contribution >= 0.6 is 0 Å². The Morgan fingerprint density at radius 2 is 2.00 bits per heavy atom. The van der Waals surface area contributed by atoms with Crippen LogP contribution in [0.4, 0.5) is 0 Å². The lowest BCUT2D eigenvalue weighted by molar-refractivity contribution is 0.0204. The second-order valence-electron chi connectivity index (χ2n) is 8.22. The highest BCUT2D eigenvalue weighted by molar-refractivity contribution is 5.46. The Morgan fingerprint density at radius 1 is 1.21 bits per heavy atom. The number of piperidine rings is 1. The molecule has 1 aliphatic heterocycles. The van der Waals surface area contributed by atoms with Gasteiger partial charge in [0.25, 0.3) is 0 Å². The topological polar surface area (TPSA) is 67.3 Å². The summed E-state index contributed by atoms with van der Waals surface area (Å²) < 4.78 is 7.37. The van der Waals surface area contributed by atoms with E-state index in [9.17, 15) is 5.11 Å². The summed E-state index contributed by atoms with van der Waals surface area (Å²) in [5.41, 5.74) is 4.51. The summed E-state index contributed by atoms with van der Waals surface area (Å²) in [6.07, 6.45) is 7.00. The number of hydrogen-bond donors (Lipinski definition) is 1. The maximum atomic E-state index is 11.5. The fraction of sp³-hybridized carbons (Fsp3) is 0.455. The van der Waals surface area contributed by atoms with Crippen LogP contribution in [0.2, 0.25) is 0 Å². The SMILES string of the molecule is Cc1noc(C)c1CN1CCC2(CC1)c1ccccc1[C@@H](n1ccnc1)[C@@H]2O. The quantitative estimate of drug-likeness (QED) is 0.759. The molecule has 1 aromatic carbocycles. The molecule has 2 atom stereocenters. The van der Waals surface area contributed by atoms with E-state index < -0.39 is 6.10 Å². The van der Waals surface area contributed by atoms with Gasteiger partial charge in [-0.05, 0) is 50.9 Å². The number of aromatic nitrogens is 3. The zero-order chi connectivity index (χ0) is 19.3. The smallest absolute Gasteiger partial charge is 0.138 e. The van der Waals surface area contributed by atoms with E-state index in [0.717, 1.165) is 43.9 Å². The summed E-state index contributed by atoms with van der Waals surface area (Å²) in [4.78, 5) is 6.66. The van der Waals surface area contributed by atoms with Crippen molar-refractivity contribution in [2.45, 2.75) is 50.8 Å². The van der Waals surface area contributed by atoms with E-state index in [2.05, 4.69) is 43.9 Å². The molecule has 2 aromatic heterocycles. The van der Waals surface area contributed by atoms with E-state index >= 15 is 0 Å². The van der Waals surface area contributed by atoms with Crippen LogP contribution < -0.4 is 0 Å². The van der Waals surface area contributed by atoms with Crippen LogP contribution in [0.1, 0.15) is 47.0 Å². The Hall–Kier alpha value is -2.44. The fourth-order valence-electron chi connectivity index (χ4n) is 5.22. The highest BCUT2D eigenvalue weighted by Crippen LogP contribution is 2.52. The number of rotatable bonds is 3. The Balaban J connectivity index is 1.42. The molecule has 0 amide bonds. The first-order valence-corrected chi connectivity index (χ1v) is 9.99. The first kappa shape index (κ1) is 17.6. The second kappa shape index (κ2) is 6.57. The van der Waals surface area contributed by atoms with Crippen molar-refractivity contribution in [1.82, 2.24) is 19.6 Å². The maximum Gasteiger partial charge on any atom is 0.138 e. The molecule has 6 nitrogen and oxygen atoms in total. The van der Waals surface area contributed by atoms with Gasteiger partial charge in [-0.3, -0.25) is 4.90 Å². The minimum atomic E-state index is -0.444. The van der Waals surface area contributed by atoms with Crippen molar-refractivity contribution < 1.29 is 9.63 Å². The number of imidazole rings is 1. The van der Waals surface area contributed by atoms with Crippen molar-refractivity contribution in [1.29, 1.82) is 0 Å². The molecule has 3 aromatic rings. The summed E-state index contributed by atoms with van der Waals surface area (Å²) in [7, 11) is 0. The number of benzene rings is 1. The predicted octanol–water partition coefficient (Wildman–Crippen LogP) is 2.99. The molecule has 3 heterocycles. The van der Waals surface area contributed by atoms with E-state index in [-0.39, 0.29) is 11.5 Å². The highest BCUT2D eigenvalue weighted by atomic mass is 16.5. The van der Waals surface area contributed by atoms with Gasteiger partial charge in [-0.15, -0.1) is 0 Å². The van der Waals surface area contributed by atoms with Crippen LogP contribution in [0.5, 0.6) is 0 Å². The average Bonchev–Trinajstić information content (AvgIpc) is 3.40. The second-order valence-corrected chi connectivity index (χ2v) is 8.22. The molecule has 0 bridgehead atoms. The molecular formula is C22H26N4O2. The molecule has 1 N–H and O–H groups in total. The van der Waals surface area contributed by atoms with E-state index in [1.165, 1.54) is 16.7 Å². The average molecular weight is 378 g/mol. The van der Waals surface area contributed by atoms with Gasteiger partial charge < -0.3 is 14.2 Å². The zero-order valence-electron chi connectivity index (χ0n) is 16.4. The van der Waals surface area contributed by atoms with Crippen LogP contribution in [0.25, 0.3) is 0 Å². The molecule has 5 rings (SSSR count). The fourth-order valence-corrected chi connectivity index (χ4v) is 5.22. The molecule has 146 valence electrons. The minimum absolute atomic E-state index is 0.0622. The number of aliphatic hydroxyl groups is 1. The molecule has 6 heteroatoms. The molecule has 28 heavy (non-hydrogen) atoms. The lowest BCUT2D eigenvalue weighted by Crippen LogP contribution is -2.48. The van der Waals surface area contributed by atoms with Crippen LogP contribution in [0.15, 0.2) is 47.5 Å². The van der Waals surface area contributed by atoms with Crippen LogP contribution in [-0.2, 0) is 12.0 Å². The van der Waals surface area contributed by atoms with Gasteiger partial charge in [0.1, 0.15) is 5.76 Å². The van der Waals surface area contributed by atoms with Gasteiger partial charge in [-0.1, -0.05) is 29.4 Å². The van der Waals surface area contributed by atoms with Gasteiger partial charge in [0.05, 0.1) is 24.2 Å². The molecule has 0 radical (unpaired) electrons. The van der Waals surface area contributed by atoms with E-state index in [1.54, 1.807) is 6.20 Å². The molecule has 0 saturated carbocycles. The third kappa shape index (κ3) is 2.55. The maximum absolute atomic E-state index is 11.5. The number of fused-ring (bicyclic) bond motifs is 2. The molecule has 1 aliphatic carbocycles. The third-order valence-corrected chi connectivity index (χ3v) is 6.84. The highest BCUT2D eigenvalue weighted by Gasteiger charge is 2.53. The molecular weight excluding hydrogens is 352 g/mol. The van der Waals surface area contributed by atoms with Crippen LogP contribution in [-0.4, -0.2) is 43.9 Å². The molecule has 0 unspecified atom stereocenters. The molecule has 1 fully saturated rings. The Bertz CT molecular complexity index is 951. The Morgan fingerprint density at radius 3 is 2.68 bits per heavy atom. The van der Waals surface area contributed by atoms with Gasteiger partial charge in [0.15, 0.2) is 0 Å². The van der Waals surface area contributed by atoms with E-state index in [4.69, 9.17) is 4.52 Å². The summed E-state index contributed by atoms with van der Waals surface area (Å²) in [5, 5.41) is 15.6. The minimum Gasteiger partial charge on any atom is -0.390 e. The van der Waals surface area contributed by atoms with E-state index in [0.29, 0.717) is 0 Å². The van der Waals surface area contributed by atoms with E-state index in [1.807, 2.05) is 26.4 Å². The predicted molar refractivity (Wildman–Crippen MR) is 105 cm³/mol. The summed E-state index contributed by atoms with van der Waals surface area (Å²) in [6.45, 7) is 6.75. The van der Waals surface area contributed by atoms with Gasteiger partial charge in [-0.25, -0.2) is 4.98 Å². The van der Waals surface area contributed by atoms with Gasteiger partial charge in [-0.2, -0.15) is 0 Å². The number of aryl methyl sites for hydroxylation is 2. The number of likely N-dealkylation sites (tertiary alicyclic amines) is 1. The van der Waals surface area contributed by atoms with Gasteiger partial charge >= 0.3 is 0 Å². The molecule has 1 spiro atoms. The molecule has 1 saturated heterocycles. The lowest BCUT2D eigenvalue weighted by Gasteiger charge is -2.42. The summed E-state index contributed by atoms with van der Waals surface area (Å²) >= 11 is 0. The first-order chi connectivity index (χ1) is 13.6. The van der Waals surface area contributed by atoms with Crippen molar-refractivity contribution in [2.24, 2.45) is 0 Å². The zero-order valence-corrected chi connectivity index (χ0v) is 16.4. The first-order valence-electron chi connectivity index (χ1n) is 9.99. The Kier molecular flexibility index (Phi) is 4.14. The number of aliphatic hydroxyl groups excluding tert-OH is 1. The third-order valence-electron chi connectivity index (χ3n) is 6.84. The monoisotopic (exact) mass is 378 g/mol. The number of nitrogens with zero attached hydrogens (tertiary/aromatic N) is 4. The van der Waals surface area contributed by atoms with Crippen molar-refractivity contribution in [3.05, 3.63) is 71.1 Å². The Labute approximate surface area is 164 Å². The summed E-state index contributed by atoms with van der Waals surface area (Å²) in [6, 6.07) is 8.47. The largest absolute Gasteiger partial charge is 0.390 e. The lowest BCUT2D eigenvalue weighted by atomic mass is 9.72. The van der Waals surface area contributed by atoms with Crippen molar-refractivity contribution in [3.8, 4) is 0 Å². The van der Waals surface area contributed by atoms with Gasteiger partial charge in [0, 0.05) is 29.9 Å². The van der Waals surface area contributed by atoms with Crippen LogP contribution in [0.3, 0.4) is 0 Å². The van der Waals surface area contributed by atoms with Crippen molar-refractivity contribution in [2.75, 3.05) is 13.1 Å². The standard InChI is InChI=1S/C22H26N4O2/c1-15-18(16(2)28-24-15)13-25-10-7-22(8-11-25)19-6-4-3-5-17(19)20(21(22)27)26-12-9-23-14-26/h3-6,9,12,14,20-21,27H,7-8,10-11,13H2,1-2H3/t20-,21+/m1/s1. The van der Waals surface area contributed by atoms with Crippen molar-refractivity contribution >= 4 is 0 Å². The molecule has 2 aliphatic rings. The van der Waals surface area contributed by atoms with Crippen LogP contribution in [0, 0.1) is 13.8 Å². The van der Waals surface area contributed by atoms with Crippen molar-refractivity contribution in [3.63, 3.8) is 0 Å². The summed E-state index contributed by atoms with van der Waals surface area (Å²) in [5.74, 6) is 0.907. The van der Waals surface area contributed by atoms with Gasteiger partial charge in [0.2, 0.25) is 0 Å².